The Hall–Kier alpha value is -1.42. The summed E-state index contributed by atoms with van der Waals surface area (Å²) in [6.45, 7) is 5.15. The van der Waals surface area contributed by atoms with Crippen LogP contribution in [0.5, 0.6) is 17.2 Å². The van der Waals surface area contributed by atoms with Crippen LogP contribution in [0.3, 0.4) is 0 Å². The molecule has 0 amide bonds. The standard InChI is InChI=1S/C13H19NO3/c1-9(2)11(14)5-6-15-10-3-4-12-13(7-10)17-8-16-12/h3-4,7,9,11H,5-6,8,14H2,1-2H3. The zero-order chi connectivity index (χ0) is 12.3. The number of hydrogen-bond donors (Lipinski definition) is 1. The first-order valence-electron chi connectivity index (χ1n) is 5.95. The predicted octanol–water partition coefficient (Wildman–Crippen LogP) is 2.17. The Bertz CT molecular complexity index is 379. The minimum absolute atomic E-state index is 0.184. The number of rotatable bonds is 5. The van der Waals surface area contributed by atoms with Crippen molar-refractivity contribution in [1.29, 1.82) is 0 Å². The van der Waals surface area contributed by atoms with Crippen molar-refractivity contribution in [2.45, 2.75) is 26.3 Å². The molecular formula is C13H19NO3. The molecule has 2 N–H and O–H groups in total. The number of nitrogens with two attached hydrogens (primary N) is 1. The molecule has 0 spiro atoms. The highest BCUT2D eigenvalue weighted by atomic mass is 16.7. The van der Waals surface area contributed by atoms with E-state index in [1.54, 1.807) is 0 Å². The molecule has 1 aromatic rings. The van der Waals surface area contributed by atoms with Gasteiger partial charge in [-0.15, -0.1) is 0 Å². The third-order valence-corrected chi connectivity index (χ3v) is 2.92. The molecule has 1 unspecified atom stereocenters. The first kappa shape index (κ1) is 12.0. The lowest BCUT2D eigenvalue weighted by Crippen LogP contribution is -2.28. The smallest absolute Gasteiger partial charge is 0.231 e. The van der Waals surface area contributed by atoms with Crippen LogP contribution in [0.15, 0.2) is 18.2 Å². The molecule has 1 aliphatic rings. The summed E-state index contributed by atoms with van der Waals surface area (Å²) in [5.74, 6) is 2.80. The van der Waals surface area contributed by atoms with Crippen LogP contribution in [0.2, 0.25) is 0 Å². The molecule has 0 radical (unpaired) electrons. The Kier molecular flexibility index (Phi) is 3.74. The van der Waals surface area contributed by atoms with Crippen LogP contribution < -0.4 is 19.9 Å². The normalized spacial score (nSPS) is 15.1. The lowest BCUT2D eigenvalue weighted by atomic mass is 10.0. The molecule has 0 bridgehead atoms. The Morgan fingerprint density at radius 3 is 2.82 bits per heavy atom. The van der Waals surface area contributed by atoms with Crippen LogP contribution in [0, 0.1) is 5.92 Å². The average Bonchev–Trinajstić information content (AvgIpc) is 2.75. The first-order valence-corrected chi connectivity index (χ1v) is 5.95. The zero-order valence-electron chi connectivity index (χ0n) is 10.3. The summed E-state index contributed by atoms with van der Waals surface area (Å²) in [7, 11) is 0. The first-order chi connectivity index (χ1) is 8.16. The van der Waals surface area contributed by atoms with Gasteiger partial charge in [-0.05, 0) is 24.5 Å². The summed E-state index contributed by atoms with van der Waals surface area (Å²) in [6, 6.07) is 5.78. The molecule has 0 aromatic heterocycles. The number of fused-ring (bicyclic) bond motifs is 1. The second-order valence-corrected chi connectivity index (χ2v) is 4.56. The van der Waals surface area contributed by atoms with Crippen LogP contribution in [-0.4, -0.2) is 19.4 Å². The Labute approximate surface area is 102 Å². The molecule has 4 nitrogen and oxygen atoms in total. The number of hydrogen-bond acceptors (Lipinski definition) is 4. The van der Waals surface area contributed by atoms with Crippen molar-refractivity contribution in [1.82, 2.24) is 0 Å². The van der Waals surface area contributed by atoms with Gasteiger partial charge in [-0.2, -0.15) is 0 Å². The van der Waals surface area contributed by atoms with Crippen LogP contribution in [0.1, 0.15) is 20.3 Å². The van der Waals surface area contributed by atoms with Crippen LogP contribution in [0.25, 0.3) is 0 Å². The summed E-state index contributed by atoms with van der Waals surface area (Å²) >= 11 is 0. The van der Waals surface area contributed by atoms with Crippen molar-refractivity contribution in [3.63, 3.8) is 0 Å². The van der Waals surface area contributed by atoms with E-state index in [2.05, 4.69) is 13.8 Å². The van der Waals surface area contributed by atoms with Crippen molar-refractivity contribution in [2.75, 3.05) is 13.4 Å². The Morgan fingerprint density at radius 2 is 2.06 bits per heavy atom. The molecule has 17 heavy (non-hydrogen) atoms. The highest BCUT2D eigenvalue weighted by molar-refractivity contribution is 5.46. The molecule has 1 atom stereocenters. The minimum Gasteiger partial charge on any atom is -0.493 e. The largest absolute Gasteiger partial charge is 0.493 e. The van der Waals surface area contributed by atoms with E-state index >= 15 is 0 Å². The van der Waals surface area contributed by atoms with Crippen molar-refractivity contribution in [2.24, 2.45) is 11.7 Å². The lowest BCUT2D eigenvalue weighted by molar-refractivity contribution is 0.173. The molecule has 1 heterocycles. The van der Waals surface area contributed by atoms with E-state index in [-0.39, 0.29) is 12.8 Å². The monoisotopic (exact) mass is 237 g/mol. The average molecular weight is 237 g/mol. The van der Waals surface area contributed by atoms with Gasteiger partial charge in [-0.3, -0.25) is 0 Å². The van der Waals surface area contributed by atoms with Gasteiger partial charge < -0.3 is 19.9 Å². The van der Waals surface area contributed by atoms with Crippen molar-refractivity contribution in [3.8, 4) is 17.2 Å². The van der Waals surface area contributed by atoms with E-state index in [1.807, 2.05) is 18.2 Å². The Balaban J connectivity index is 1.83. The summed E-state index contributed by atoms with van der Waals surface area (Å²) in [5, 5.41) is 0. The van der Waals surface area contributed by atoms with E-state index in [1.165, 1.54) is 0 Å². The summed E-state index contributed by atoms with van der Waals surface area (Å²) < 4.78 is 16.1. The van der Waals surface area contributed by atoms with E-state index in [0.717, 1.165) is 23.7 Å². The minimum atomic E-state index is 0.184. The second-order valence-electron chi connectivity index (χ2n) is 4.56. The molecule has 0 saturated heterocycles. The quantitative estimate of drug-likeness (QED) is 0.852. The van der Waals surface area contributed by atoms with Crippen LogP contribution in [-0.2, 0) is 0 Å². The molecule has 0 fully saturated rings. The van der Waals surface area contributed by atoms with Gasteiger partial charge in [0.15, 0.2) is 11.5 Å². The van der Waals surface area contributed by atoms with Gasteiger partial charge in [0.2, 0.25) is 6.79 Å². The van der Waals surface area contributed by atoms with Gasteiger partial charge in [0.05, 0.1) is 6.61 Å². The van der Waals surface area contributed by atoms with Gasteiger partial charge >= 0.3 is 0 Å². The molecule has 94 valence electrons. The molecule has 0 aliphatic carbocycles. The van der Waals surface area contributed by atoms with Crippen molar-refractivity contribution >= 4 is 0 Å². The molecule has 0 saturated carbocycles. The fourth-order valence-corrected chi connectivity index (χ4v) is 1.61. The highest BCUT2D eigenvalue weighted by Gasteiger charge is 2.14. The van der Waals surface area contributed by atoms with Gasteiger partial charge in [-0.1, -0.05) is 13.8 Å². The van der Waals surface area contributed by atoms with E-state index in [0.29, 0.717) is 12.5 Å². The Morgan fingerprint density at radius 1 is 1.29 bits per heavy atom. The SMILES string of the molecule is CC(C)C(N)CCOc1ccc2c(c1)OCO2. The van der Waals surface area contributed by atoms with E-state index < -0.39 is 0 Å². The topological polar surface area (TPSA) is 53.7 Å². The fourth-order valence-electron chi connectivity index (χ4n) is 1.61. The zero-order valence-corrected chi connectivity index (χ0v) is 10.3. The van der Waals surface area contributed by atoms with Gasteiger partial charge in [0, 0.05) is 12.1 Å². The van der Waals surface area contributed by atoms with Crippen LogP contribution >= 0.6 is 0 Å². The molecule has 4 heteroatoms. The molecular weight excluding hydrogens is 218 g/mol. The van der Waals surface area contributed by atoms with Gasteiger partial charge in [0.25, 0.3) is 0 Å². The predicted molar refractivity (Wildman–Crippen MR) is 65.5 cm³/mol. The molecule has 1 aliphatic heterocycles. The third-order valence-electron chi connectivity index (χ3n) is 2.92. The van der Waals surface area contributed by atoms with Gasteiger partial charge in [-0.25, -0.2) is 0 Å². The van der Waals surface area contributed by atoms with Gasteiger partial charge in [0.1, 0.15) is 5.75 Å². The van der Waals surface area contributed by atoms with E-state index in [4.69, 9.17) is 19.9 Å². The van der Waals surface area contributed by atoms with Crippen molar-refractivity contribution < 1.29 is 14.2 Å². The maximum atomic E-state index is 5.95. The van der Waals surface area contributed by atoms with Crippen molar-refractivity contribution in [3.05, 3.63) is 18.2 Å². The maximum absolute atomic E-state index is 5.95. The lowest BCUT2D eigenvalue weighted by Gasteiger charge is -2.15. The molecule has 1 aromatic carbocycles. The number of benzene rings is 1. The molecule has 2 rings (SSSR count). The summed E-state index contributed by atoms with van der Waals surface area (Å²) in [4.78, 5) is 0. The third kappa shape index (κ3) is 3.03. The van der Waals surface area contributed by atoms with E-state index in [9.17, 15) is 0 Å². The van der Waals surface area contributed by atoms with Crippen LogP contribution in [0.4, 0.5) is 0 Å². The summed E-state index contributed by atoms with van der Waals surface area (Å²) in [6.07, 6.45) is 0.853. The fraction of sp³-hybridized carbons (Fsp3) is 0.538. The second kappa shape index (κ2) is 5.27. The maximum Gasteiger partial charge on any atom is 0.231 e. The highest BCUT2D eigenvalue weighted by Crippen LogP contribution is 2.35. The number of ether oxygens (including phenoxy) is 3. The summed E-state index contributed by atoms with van der Waals surface area (Å²) in [5.41, 5.74) is 5.95.